The summed E-state index contributed by atoms with van der Waals surface area (Å²) in [6.45, 7) is 1.13. The number of amides is 1. The van der Waals surface area contributed by atoms with E-state index in [-0.39, 0.29) is 5.91 Å². The lowest BCUT2D eigenvalue weighted by molar-refractivity contribution is -0.120. The van der Waals surface area contributed by atoms with E-state index >= 15 is 0 Å². The molecule has 0 heterocycles. The van der Waals surface area contributed by atoms with E-state index in [1.54, 1.807) is 19.2 Å². The number of anilines is 1. The van der Waals surface area contributed by atoms with E-state index in [4.69, 9.17) is 10.00 Å². The Morgan fingerprint density at radius 3 is 2.58 bits per heavy atom. The summed E-state index contributed by atoms with van der Waals surface area (Å²) < 4.78 is 5.29. The fraction of sp³-hybridized carbons (Fsp3) is 0.263. The molecule has 5 nitrogen and oxygen atoms in total. The van der Waals surface area contributed by atoms with Gasteiger partial charge in [0.25, 0.3) is 0 Å². The van der Waals surface area contributed by atoms with Crippen molar-refractivity contribution in [3.63, 3.8) is 0 Å². The van der Waals surface area contributed by atoms with Crippen LogP contribution in [0.25, 0.3) is 0 Å². The molecule has 0 aliphatic rings. The largest absolute Gasteiger partial charge is 0.496 e. The van der Waals surface area contributed by atoms with Gasteiger partial charge in [0, 0.05) is 25.2 Å². The van der Waals surface area contributed by atoms with Crippen molar-refractivity contribution in [3.8, 4) is 11.8 Å². The van der Waals surface area contributed by atoms with Gasteiger partial charge in [0.1, 0.15) is 5.75 Å². The van der Waals surface area contributed by atoms with Crippen LogP contribution < -0.4 is 15.4 Å². The van der Waals surface area contributed by atoms with Gasteiger partial charge in [-0.1, -0.05) is 18.2 Å². The Bertz CT molecular complexity index is 705. The Hall–Kier alpha value is -3.00. The number of benzene rings is 2. The SMILES string of the molecule is COc1ccccc1CCNC(=O)CCNc1ccc(C#N)cc1. The van der Waals surface area contributed by atoms with Gasteiger partial charge in [-0.3, -0.25) is 4.79 Å². The van der Waals surface area contributed by atoms with Crippen molar-refractivity contribution in [1.29, 1.82) is 5.26 Å². The molecule has 0 spiro atoms. The van der Waals surface area contributed by atoms with Gasteiger partial charge in [-0.2, -0.15) is 5.26 Å². The molecule has 2 aromatic carbocycles. The van der Waals surface area contributed by atoms with Gasteiger partial charge in [-0.25, -0.2) is 0 Å². The Labute approximate surface area is 142 Å². The second kappa shape index (κ2) is 9.21. The molecule has 0 fully saturated rings. The van der Waals surface area contributed by atoms with Crippen LogP contribution in [0.3, 0.4) is 0 Å². The van der Waals surface area contributed by atoms with Crippen molar-refractivity contribution < 1.29 is 9.53 Å². The molecule has 0 radical (unpaired) electrons. The lowest BCUT2D eigenvalue weighted by Gasteiger charge is -2.10. The van der Waals surface area contributed by atoms with Crippen LogP contribution in [-0.2, 0) is 11.2 Å². The molecule has 0 saturated carbocycles. The Balaban J connectivity index is 1.67. The summed E-state index contributed by atoms with van der Waals surface area (Å²) >= 11 is 0. The first-order chi connectivity index (χ1) is 11.7. The van der Waals surface area contributed by atoms with Gasteiger partial charge in [-0.15, -0.1) is 0 Å². The Morgan fingerprint density at radius 1 is 1.12 bits per heavy atom. The molecule has 24 heavy (non-hydrogen) atoms. The second-order valence-corrected chi connectivity index (χ2v) is 5.28. The molecule has 0 unspecified atom stereocenters. The number of ether oxygens (including phenoxy) is 1. The number of hydrogen-bond acceptors (Lipinski definition) is 4. The third kappa shape index (κ3) is 5.33. The van der Waals surface area contributed by atoms with Gasteiger partial charge in [-0.05, 0) is 42.3 Å². The topological polar surface area (TPSA) is 74.2 Å². The molecule has 2 N–H and O–H groups in total. The highest BCUT2D eigenvalue weighted by molar-refractivity contribution is 5.76. The van der Waals surface area contributed by atoms with E-state index in [1.165, 1.54) is 0 Å². The van der Waals surface area contributed by atoms with E-state index in [0.717, 1.165) is 23.4 Å². The molecular weight excluding hydrogens is 302 g/mol. The highest BCUT2D eigenvalue weighted by atomic mass is 16.5. The highest BCUT2D eigenvalue weighted by Crippen LogP contribution is 2.17. The molecule has 0 saturated heterocycles. The third-order valence-electron chi connectivity index (χ3n) is 3.60. The van der Waals surface area contributed by atoms with Crippen LogP contribution in [0.15, 0.2) is 48.5 Å². The Morgan fingerprint density at radius 2 is 1.88 bits per heavy atom. The summed E-state index contributed by atoms with van der Waals surface area (Å²) in [4.78, 5) is 11.9. The fourth-order valence-electron chi connectivity index (χ4n) is 2.32. The normalized spacial score (nSPS) is 9.83. The average Bonchev–Trinajstić information content (AvgIpc) is 2.62. The standard InChI is InChI=1S/C19H21N3O2/c1-24-18-5-3-2-4-16(18)10-12-22-19(23)11-13-21-17-8-6-15(14-20)7-9-17/h2-9,21H,10-13H2,1H3,(H,22,23). The summed E-state index contributed by atoms with van der Waals surface area (Å²) in [6.07, 6.45) is 1.13. The van der Waals surface area contributed by atoms with E-state index in [1.807, 2.05) is 36.4 Å². The maximum atomic E-state index is 11.9. The number of para-hydroxylation sites is 1. The number of nitrogens with one attached hydrogen (secondary N) is 2. The number of hydrogen-bond donors (Lipinski definition) is 2. The fourth-order valence-corrected chi connectivity index (χ4v) is 2.32. The number of carbonyl (C=O) groups is 1. The number of methoxy groups -OCH3 is 1. The zero-order valence-electron chi connectivity index (χ0n) is 13.7. The van der Waals surface area contributed by atoms with Crippen molar-refractivity contribution in [2.45, 2.75) is 12.8 Å². The molecule has 0 aliphatic heterocycles. The number of rotatable bonds is 8. The predicted molar refractivity (Wildman–Crippen MR) is 94.0 cm³/mol. The summed E-state index contributed by atoms with van der Waals surface area (Å²) in [7, 11) is 1.65. The van der Waals surface area contributed by atoms with Gasteiger partial charge >= 0.3 is 0 Å². The smallest absolute Gasteiger partial charge is 0.221 e. The van der Waals surface area contributed by atoms with Gasteiger partial charge in [0.2, 0.25) is 5.91 Å². The molecule has 1 amide bonds. The van der Waals surface area contributed by atoms with Crippen molar-refractivity contribution in [1.82, 2.24) is 5.32 Å². The lowest BCUT2D eigenvalue weighted by Crippen LogP contribution is -2.27. The maximum absolute atomic E-state index is 11.9. The average molecular weight is 323 g/mol. The molecule has 0 atom stereocenters. The minimum atomic E-state index is 0.00560. The summed E-state index contributed by atoms with van der Waals surface area (Å²) in [6, 6.07) is 17.0. The summed E-state index contributed by atoms with van der Waals surface area (Å²) in [5.74, 6) is 0.847. The van der Waals surface area contributed by atoms with Crippen LogP contribution in [0.5, 0.6) is 5.75 Å². The quantitative estimate of drug-likeness (QED) is 0.783. The highest BCUT2D eigenvalue weighted by Gasteiger charge is 2.04. The van der Waals surface area contributed by atoms with Crippen LogP contribution >= 0.6 is 0 Å². The van der Waals surface area contributed by atoms with Crippen molar-refractivity contribution in [2.24, 2.45) is 0 Å². The van der Waals surface area contributed by atoms with E-state index in [2.05, 4.69) is 16.7 Å². The van der Waals surface area contributed by atoms with E-state index in [9.17, 15) is 4.79 Å². The van der Waals surface area contributed by atoms with Crippen LogP contribution in [0.4, 0.5) is 5.69 Å². The Kier molecular flexibility index (Phi) is 6.66. The van der Waals surface area contributed by atoms with Crippen LogP contribution in [-0.4, -0.2) is 26.1 Å². The second-order valence-electron chi connectivity index (χ2n) is 5.28. The van der Waals surface area contributed by atoms with Crippen LogP contribution in [0, 0.1) is 11.3 Å². The minimum absolute atomic E-state index is 0.00560. The zero-order chi connectivity index (χ0) is 17.2. The third-order valence-corrected chi connectivity index (χ3v) is 3.60. The minimum Gasteiger partial charge on any atom is -0.496 e. The number of nitrogens with zero attached hydrogens (tertiary/aromatic N) is 1. The monoisotopic (exact) mass is 323 g/mol. The molecule has 124 valence electrons. The van der Waals surface area contributed by atoms with E-state index < -0.39 is 0 Å². The number of nitriles is 1. The summed E-state index contributed by atoms with van der Waals surface area (Å²) in [5.41, 5.74) is 2.60. The predicted octanol–water partition coefficient (Wildman–Crippen LogP) is 2.73. The molecule has 5 heteroatoms. The molecule has 0 bridgehead atoms. The van der Waals surface area contributed by atoms with Crippen LogP contribution in [0.1, 0.15) is 17.5 Å². The van der Waals surface area contributed by atoms with Gasteiger partial charge in [0.05, 0.1) is 18.7 Å². The maximum Gasteiger partial charge on any atom is 0.221 e. The van der Waals surface area contributed by atoms with Gasteiger partial charge < -0.3 is 15.4 Å². The molecule has 0 aromatic heterocycles. The molecule has 2 rings (SSSR count). The van der Waals surface area contributed by atoms with Crippen molar-refractivity contribution in [3.05, 3.63) is 59.7 Å². The van der Waals surface area contributed by atoms with Crippen molar-refractivity contribution in [2.75, 3.05) is 25.5 Å². The first kappa shape index (κ1) is 17.4. The van der Waals surface area contributed by atoms with Crippen LogP contribution in [0.2, 0.25) is 0 Å². The van der Waals surface area contributed by atoms with Crippen molar-refractivity contribution >= 4 is 11.6 Å². The van der Waals surface area contributed by atoms with Gasteiger partial charge in [0.15, 0.2) is 0 Å². The summed E-state index contributed by atoms with van der Waals surface area (Å²) in [5, 5.41) is 14.8. The molecule has 2 aromatic rings. The first-order valence-electron chi connectivity index (χ1n) is 7.85. The molecule has 0 aliphatic carbocycles. The number of carbonyl (C=O) groups excluding carboxylic acids is 1. The first-order valence-corrected chi connectivity index (χ1v) is 7.85. The lowest BCUT2D eigenvalue weighted by atomic mass is 10.1. The zero-order valence-corrected chi connectivity index (χ0v) is 13.7. The van der Waals surface area contributed by atoms with E-state index in [0.29, 0.717) is 25.1 Å². The molecular formula is C19H21N3O2.